The van der Waals surface area contributed by atoms with Gasteiger partial charge in [-0.1, -0.05) is 390 Å². The van der Waals surface area contributed by atoms with Crippen molar-refractivity contribution >= 4 is 17.9 Å². The van der Waals surface area contributed by atoms with E-state index in [4.69, 9.17) is 18.9 Å². The van der Waals surface area contributed by atoms with Gasteiger partial charge in [0.05, 0.1) is 34.4 Å². The van der Waals surface area contributed by atoms with Gasteiger partial charge in [0.2, 0.25) is 0 Å². The summed E-state index contributed by atoms with van der Waals surface area (Å²) < 4.78 is 23.1. The highest BCUT2D eigenvalue weighted by atomic mass is 16.7. The minimum absolute atomic E-state index is 0.174. The molecule has 0 fully saturated rings. The molecule has 0 rings (SSSR count). The van der Waals surface area contributed by atoms with Crippen molar-refractivity contribution in [3.8, 4) is 0 Å². The molecule has 0 aromatic rings. The summed E-state index contributed by atoms with van der Waals surface area (Å²) in [5.74, 6) is -1.97. The minimum atomic E-state index is -1.51. The quantitative estimate of drug-likeness (QED) is 0.0211. The fraction of sp³-hybridized carbons (Fsp3) is 0.867. The van der Waals surface area contributed by atoms with Crippen molar-refractivity contribution in [2.75, 3.05) is 47.5 Å². The number of hydrogen-bond acceptors (Lipinski definition) is 7. The van der Waals surface area contributed by atoms with E-state index in [-0.39, 0.29) is 38.2 Å². The highest BCUT2D eigenvalue weighted by Crippen LogP contribution is 2.20. The Bertz CT molecular complexity index is 1650. The van der Waals surface area contributed by atoms with Crippen LogP contribution in [0.1, 0.15) is 406 Å². The van der Waals surface area contributed by atoms with E-state index >= 15 is 0 Å². The van der Waals surface area contributed by atoms with Crippen LogP contribution < -0.4 is 0 Å². The Morgan fingerprint density at radius 2 is 0.620 bits per heavy atom. The molecule has 0 bridgehead atoms. The predicted molar refractivity (Wildman–Crippen MR) is 397 cm³/mol. The molecular weight excluding hydrogens is 1140 g/mol. The third-order valence-electron chi connectivity index (χ3n) is 18.3. The van der Waals surface area contributed by atoms with Crippen LogP contribution >= 0.6 is 0 Å². The molecule has 0 radical (unpaired) electrons. The second-order valence-corrected chi connectivity index (χ2v) is 28.7. The van der Waals surface area contributed by atoms with E-state index < -0.39 is 18.4 Å². The van der Waals surface area contributed by atoms with Gasteiger partial charge in [-0.2, -0.15) is 0 Å². The molecule has 2 unspecified atom stereocenters. The predicted octanol–water partition coefficient (Wildman–Crippen LogP) is 25.7. The van der Waals surface area contributed by atoms with E-state index in [9.17, 15) is 19.5 Å². The molecule has 0 saturated heterocycles. The number of quaternary nitrogens is 1. The fourth-order valence-electron chi connectivity index (χ4n) is 12.2. The first-order valence-electron chi connectivity index (χ1n) is 40.3. The molecule has 0 saturated carbocycles. The first kappa shape index (κ1) is 89.2. The number of rotatable bonds is 76. The third kappa shape index (κ3) is 74.6. The summed E-state index contributed by atoms with van der Waals surface area (Å²) >= 11 is 0. The van der Waals surface area contributed by atoms with Crippen molar-refractivity contribution in [3.63, 3.8) is 0 Å². The summed E-state index contributed by atoms with van der Waals surface area (Å²) in [5, 5.41) is 9.77. The van der Waals surface area contributed by atoms with Gasteiger partial charge in [-0.25, -0.2) is 4.79 Å². The normalized spacial score (nSPS) is 12.8. The number of carbonyl (C=O) groups excluding carboxylic acids is 2. The molecule has 2 atom stereocenters. The number of carbonyl (C=O) groups is 3. The van der Waals surface area contributed by atoms with E-state index in [0.29, 0.717) is 17.4 Å². The molecule has 9 nitrogen and oxygen atoms in total. The third-order valence-corrected chi connectivity index (χ3v) is 18.3. The van der Waals surface area contributed by atoms with Crippen molar-refractivity contribution in [1.29, 1.82) is 0 Å². The average molecular weight is 1300 g/mol. The number of carboxylic acid groups (broad SMARTS) is 1. The fourth-order valence-corrected chi connectivity index (χ4v) is 12.2. The molecular formula is C83H156NO8+. The Balaban J connectivity index is 3.92. The number of aliphatic carboxylic acids is 1. The van der Waals surface area contributed by atoms with E-state index in [0.717, 1.165) is 64.2 Å². The maximum atomic E-state index is 13.0. The molecule has 0 heterocycles. The van der Waals surface area contributed by atoms with E-state index in [1.54, 1.807) is 0 Å². The highest BCUT2D eigenvalue weighted by Gasteiger charge is 2.25. The van der Waals surface area contributed by atoms with Crippen LogP contribution in [0.15, 0.2) is 48.6 Å². The Hall–Kier alpha value is -2.75. The Kier molecular flexibility index (Phi) is 71.8. The zero-order valence-corrected chi connectivity index (χ0v) is 62.0. The summed E-state index contributed by atoms with van der Waals surface area (Å²) in [6.45, 7) is 4.85. The minimum Gasteiger partial charge on any atom is -0.477 e. The van der Waals surface area contributed by atoms with Crippen LogP contribution in [0.25, 0.3) is 0 Å². The second-order valence-electron chi connectivity index (χ2n) is 28.7. The lowest BCUT2D eigenvalue weighted by Gasteiger charge is -2.25. The van der Waals surface area contributed by atoms with Gasteiger partial charge in [0, 0.05) is 12.8 Å². The molecule has 92 heavy (non-hydrogen) atoms. The Labute approximate surface area is 572 Å². The lowest BCUT2D eigenvalue weighted by atomic mass is 10.0. The van der Waals surface area contributed by atoms with E-state index in [1.807, 2.05) is 21.1 Å². The standard InChI is InChI=1S/C83H155NO8/c1-6-8-10-12-14-16-18-20-22-24-26-28-30-32-34-35-36-37-38-39-40-41-42-43-44-45-46-47-48-50-52-54-56-58-60-62-64-66-68-70-72-74-81(86)92-79(78-91-83(82(87)88)89-76-75-84(3,4)5)77-90-80(85)73-71-69-67-65-63-61-59-57-55-53-51-49-33-31-29-27-25-23-21-19-17-15-13-11-9-7-2/h8,10,14,16,20,22,26,28,79,83H,6-7,9,11-13,15,17-19,21,23-25,27,29-78H2,1-5H3/p+1/b10-8-,16-14-,22-20-,28-26-. The monoisotopic (exact) mass is 1300 g/mol. The number of esters is 2. The molecule has 9 heteroatoms. The largest absolute Gasteiger partial charge is 0.477 e. The number of ether oxygens (including phenoxy) is 4. The SMILES string of the molecule is CC/C=C\C/C=C\C/C=C\C/C=C\CCCCCCCCCCCCCCCCCCCCCCCCCCCCCCC(=O)OC(COC(=O)CCCCCCCCCCCCCCCCCCCCCCCCCCCC)COC(OCC[N+](C)(C)C)C(=O)O. The smallest absolute Gasteiger partial charge is 0.361 e. The van der Waals surface area contributed by atoms with Crippen molar-refractivity contribution in [2.45, 2.75) is 418 Å². The van der Waals surface area contributed by atoms with Crippen LogP contribution in [-0.2, 0) is 33.3 Å². The molecule has 0 aliphatic carbocycles. The topological polar surface area (TPSA) is 108 Å². The summed E-state index contributed by atoms with van der Waals surface area (Å²) in [4.78, 5) is 37.7. The van der Waals surface area contributed by atoms with E-state index in [1.165, 1.54) is 315 Å². The number of nitrogens with zero attached hydrogens (tertiary/aromatic N) is 1. The van der Waals surface area contributed by atoms with E-state index in [2.05, 4.69) is 62.5 Å². The molecule has 1 N–H and O–H groups in total. The van der Waals surface area contributed by atoms with Gasteiger partial charge in [-0.3, -0.25) is 9.59 Å². The van der Waals surface area contributed by atoms with Gasteiger partial charge < -0.3 is 28.5 Å². The van der Waals surface area contributed by atoms with Crippen LogP contribution in [0.4, 0.5) is 0 Å². The maximum Gasteiger partial charge on any atom is 0.361 e. The van der Waals surface area contributed by atoms with Gasteiger partial charge in [0.1, 0.15) is 13.2 Å². The zero-order chi connectivity index (χ0) is 66.8. The molecule has 0 amide bonds. The molecule has 540 valence electrons. The van der Waals surface area contributed by atoms with Crippen LogP contribution in [0.3, 0.4) is 0 Å². The zero-order valence-electron chi connectivity index (χ0n) is 62.0. The number of unbranched alkanes of at least 4 members (excludes halogenated alkanes) is 53. The van der Waals surface area contributed by atoms with Gasteiger partial charge in [0.25, 0.3) is 6.29 Å². The molecule has 0 aliphatic rings. The first-order valence-corrected chi connectivity index (χ1v) is 40.3. The lowest BCUT2D eigenvalue weighted by molar-refractivity contribution is -0.870. The molecule has 0 aromatic carbocycles. The van der Waals surface area contributed by atoms with Crippen molar-refractivity contribution in [3.05, 3.63) is 48.6 Å². The molecule has 0 aromatic heterocycles. The van der Waals surface area contributed by atoms with Gasteiger partial charge in [-0.15, -0.1) is 0 Å². The second kappa shape index (κ2) is 74.0. The van der Waals surface area contributed by atoms with Crippen LogP contribution in [0, 0.1) is 0 Å². The Morgan fingerprint density at radius 3 is 0.924 bits per heavy atom. The summed E-state index contributed by atoms with van der Waals surface area (Å²) in [6, 6.07) is 0. The number of allylic oxidation sites excluding steroid dienone is 8. The number of carboxylic acids is 1. The maximum absolute atomic E-state index is 13.0. The number of likely N-dealkylation sites (N-methyl/N-ethyl adjacent to an activating group) is 1. The highest BCUT2D eigenvalue weighted by molar-refractivity contribution is 5.71. The summed E-state index contributed by atoms with van der Waals surface area (Å²) in [6.07, 6.45) is 94.2. The van der Waals surface area contributed by atoms with Gasteiger partial charge >= 0.3 is 17.9 Å². The number of hydrogen-bond donors (Lipinski definition) is 1. The van der Waals surface area contributed by atoms with Crippen LogP contribution in [0.5, 0.6) is 0 Å². The van der Waals surface area contributed by atoms with Crippen molar-refractivity contribution in [1.82, 2.24) is 0 Å². The van der Waals surface area contributed by atoms with Crippen molar-refractivity contribution in [2.24, 2.45) is 0 Å². The van der Waals surface area contributed by atoms with Crippen LogP contribution in [0.2, 0.25) is 0 Å². The molecule has 0 spiro atoms. The van der Waals surface area contributed by atoms with Crippen molar-refractivity contribution < 1.29 is 42.9 Å². The lowest BCUT2D eigenvalue weighted by Crippen LogP contribution is -2.40. The first-order chi connectivity index (χ1) is 45.1. The van der Waals surface area contributed by atoms with Gasteiger partial charge in [0.15, 0.2) is 6.10 Å². The Morgan fingerprint density at radius 1 is 0.337 bits per heavy atom. The van der Waals surface area contributed by atoms with Gasteiger partial charge in [-0.05, 0) is 51.4 Å². The summed E-state index contributed by atoms with van der Waals surface area (Å²) in [5.41, 5.74) is 0. The average Bonchev–Trinajstić information content (AvgIpc) is 3.70. The summed E-state index contributed by atoms with van der Waals surface area (Å²) in [7, 11) is 6.00. The molecule has 0 aliphatic heterocycles. The van der Waals surface area contributed by atoms with Crippen LogP contribution in [-0.4, -0.2) is 87.4 Å².